The monoisotopic (exact) mass is 452 g/mol. The molecule has 0 unspecified atom stereocenters. The first-order valence-electron chi connectivity index (χ1n) is 9.79. The van der Waals surface area contributed by atoms with Crippen molar-refractivity contribution < 1.29 is 17.9 Å². The summed E-state index contributed by atoms with van der Waals surface area (Å²) in [6, 6.07) is 11.9. The van der Waals surface area contributed by atoms with E-state index in [9.17, 15) is 13.2 Å². The molecule has 164 valence electrons. The van der Waals surface area contributed by atoms with Crippen LogP contribution in [0, 0.1) is 0 Å². The average Bonchev–Trinajstić information content (AvgIpc) is 2.72. The van der Waals surface area contributed by atoms with Crippen molar-refractivity contribution in [2.75, 3.05) is 26.7 Å². The van der Waals surface area contributed by atoms with Crippen molar-refractivity contribution in [1.82, 2.24) is 9.62 Å². The fraction of sp³-hybridized carbons (Fsp3) is 0.409. The molecule has 0 saturated carbocycles. The van der Waals surface area contributed by atoms with Crippen molar-refractivity contribution in [1.29, 1.82) is 0 Å². The molecule has 0 radical (unpaired) electrons. The van der Waals surface area contributed by atoms with Gasteiger partial charge in [-0.05, 0) is 35.9 Å². The molecule has 0 bridgehead atoms. The number of benzene rings is 2. The minimum Gasteiger partial charge on any atom is -0.495 e. The standard InChI is InChI=1S/C22H29ClN2O4S/c1-6-25(7-2)30(27,28)20-14-16(8-13-19(20)29-5)21(26)24-15-22(3,4)17-9-11-18(23)12-10-17/h8-14H,6-7,15H2,1-5H3,(H,24,26). The number of sulfonamides is 1. The van der Waals surface area contributed by atoms with Gasteiger partial charge in [0.1, 0.15) is 10.6 Å². The van der Waals surface area contributed by atoms with Crippen LogP contribution < -0.4 is 10.1 Å². The first-order chi connectivity index (χ1) is 14.1. The Morgan fingerprint density at radius 3 is 2.23 bits per heavy atom. The Bertz CT molecular complexity index is 985. The predicted octanol–water partition coefficient (Wildman–Crippen LogP) is 4.09. The molecule has 8 heteroatoms. The normalized spacial score (nSPS) is 12.1. The maximum absolute atomic E-state index is 13.0. The van der Waals surface area contributed by atoms with E-state index in [1.54, 1.807) is 19.9 Å². The molecule has 30 heavy (non-hydrogen) atoms. The van der Waals surface area contributed by atoms with E-state index in [1.165, 1.54) is 23.5 Å². The summed E-state index contributed by atoms with van der Waals surface area (Å²) in [6.45, 7) is 8.59. The molecule has 1 N–H and O–H groups in total. The number of nitrogens with one attached hydrogen (secondary N) is 1. The van der Waals surface area contributed by atoms with E-state index in [4.69, 9.17) is 16.3 Å². The van der Waals surface area contributed by atoms with Gasteiger partial charge in [0.2, 0.25) is 10.0 Å². The summed E-state index contributed by atoms with van der Waals surface area (Å²) >= 11 is 5.96. The van der Waals surface area contributed by atoms with E-state index < -0.39 is 10.0 Å². The van der Waals surface area contributed by atoms with Gasteiger partial charge in [-0.25, -0.2) is 8.42 Å². The van der Waals surface area contributed by atoms with E-state index in [1.807, 2.05) is 38.1 Å². The Kier molecular flexibility index (Phi) is 7.91. The zero-order valence-electron chi connectivity index (χ0n) is 18.0. The second-order valence-electron chi connectivity index (χ2n) is 7.53. The quantitative estimate of drug-likeness (QED) is 0.621. The summed E-state index contributed by atoms with van der Waals surface area (Å²) in [5.41, 5.74) is 0.961. The number of nitrogens with zero attached hydrogens (tertiary/aromatic N) is 1. The number of amides is 1. The van der Waals surface area contributed by atoms with Crippen LogP contribution in [0.25, 0.3) is 0 Å². The van der Waals surface area contributed by atoms with Crippen LogP contribution in [0.4, 0.5) is 0 Å². The predicted molar refractivity (Wildman–Crippen MR) is 120 cm³/mol. The summed E-state index contributed by atoms with van der Waals surface area (Å²) in [5.74, 6) is -0.143. The highest BCUT2D eigenvalue weighted by molar-refractivity contribution is 7.89. The lowest BCUT2D eigenvalue weighted by Gasteiger charge is -2.26. The number of ether oxygens (including phenoxy) is 1. The number of carbonyl (C=O) groups is 1. The lowest BCUT2D eigenvalue weighted by molar-refractivity contribution is 0.0945. The van der Waals surface area contributed by atoms with Gasteiger partial charge in [-0.2, -0.15) is 4.31 Å². The van der Waals surface area contributed by atoms with Gasteiger partial charge in [0.05, 0.1) is 7.11 Å². The van der Waals surface area contributed by atoms with Crippen molar-refractivity contribution in [2.45, 2.75) is 38.0 Å². The molecular weight excluding hydrogens is 424 g/mol. The molecule has 1 amide bonds. The highest BCUT2D eigenvalue weighted by Crippen LogP contribution is 2.28. The minimum atomic E-state index is -3.77. The number of methoxy groups -OCH3 is 1. The van der Waals surface area contributed by atoms with Crippen LogP contribution in [0.1, 0.15) is 43.6 Å². The van der Waals surface area contributed by atoms with Gasteiger partial charge in [-0.3, -0.25) is 4.79 Å². The second kappa shape index (κ2) is 9.81. The number of hydrogen-bond donors (Lipinski definition) is 1. The zero-order chi connectivity index (χ0) is 22.5. The van der Waals surface area contributed by atoms with Crippen molar-refractivity contribution in [3.63, 3.8) is 0 Å². The van der Waals surface area contributed by atoms with E-state index in [2.05, 4.69) is 5.32 Å². The van der Waals surface area contributed by atoms with Crippen molar-refractivity contribution in [3.8, 4) is 5.75 Å². The summed E-state index contributed by atoms with van der Waals surface area (Å²) < 4.78 is 32.5. The maximum Gasteiger partial charge on any atom is 0.251 e. The van der Waals surface area contributed by atoms with Crippen LogP contribution in [0.5, 0.6) is 5.75 Å². The number of carbonyl (C=O) groups excluding carboxylic acids is 1. The Hall–Kier alpha value is -2.09. The van der Waals surface area contributed by atoms with Gasteiger partial charge >= 0.3 is 0 Å². The number of hydrogen-bond acceptors (Lipinski definition) is 4. The lowest BCUT2D eigenvalue weighted by Crippen LogP contribution is -2.37. The number of halogens is 1. The molecule has 0 aromatic heterocycles. The topological polar surface area (TPSA) is 75.7 Å². The zero-order valence-corrected chi connectivity index (χ0v) is 19.6. The Morgan fingerprint density at radius 2 is 1.70 bits per heavy atom. The van der Waals surface area contributed by atoms with Gasteiger partial charge in [0.25, 0.3) is 5.91 Å². The third-order valence-electron chi connectivity index (χ3n) is 5.07. The molecule has 0 saturated heterocycles. The second-order valence-corrected chi connectivity index (χ2v) is 9.87. The Morgan fingerprint density at radius 1 is 1.10 bits per heavy atom. The van der Waals surface area contributed by atoms with Crippen LogP contribution >= 0.6 is 11.6 Å². The molecule has 2 rings (SSSR count). The molecule has 2 aromatic carbocycles. The first-order valence-corrected chi connectivity index (χ1v) is 11.6. The molecule has 0 aliphatic carbocycles. The smallest absolute Gasteiger partial charge is 0.251 e. The molecule has 0 atom stereocenters. The van der Waals surface area contributed by atoms with Gasteiger partial charge < -0.3 is 10.1 Å². The summed E-state index contributed by atoms with van der Waals surface area (Å²) in [7, 11) is -2.37. The van der Waals surface area contributed by atoms with E-state index in [0.717, 1.165) is 5.56 Å². The molecule has 6 nitrogen and oxygen atoms in total. The highest BCUT2D eigenvalue weighted by Gasteiger charge is 2.27. The fourth-order valence-electron chi connectivity index (χ4n) is 3.13. The first kappa shape index (κ1) is 24.2. The van der Waals surface area contributed by atoms with Crippen LogP contribution in [-0.4, -0.2) is 45.4 Å². The van der Waals surface area contributed by atoms with Crippen molar-refractivity contribution in [2.24, 2.45) is 0 Å². The molecule has 0 aliphatic rings. The SMILES string of the molecule is CCN(CC)S(=O)(=O)c1cc(C(=O)NCC(C)(C)c2ccc(Cl)cc2)ccc1OC. The van der Waals surface area contributed by atoms with E-state index in [-0.39, 0.29) is 27.5 Å². The minimum absolute atomic E-state index is 0.0155. The van der Waals surface area contributed by atoms with Crippen molar-refractivity contribution >= 4 is 27.5 Å². The van der Waals surface area contributed by atoms with Gasteiger partial charge in [0.15, 0.2) is 0 Å². The molecule has 0 heterocycles. The molecular formula is C22H29ClN2O4S. The average molecular weight is 453 g/mol. The highest BCUT2D eigenvalue weighted by atomic mass is 35.5. The Labute approximate surface area is 184 Å². The number of rotatable bonds is 9. The maximum atomic E-state index is 13.0. The third-order valence-corrected chi connectivity index (χ3v) is 7.39. The summed E-state index contributed by atoms with van der Waals surface area (Å²) in [6.07, 6.45) is 0. The molecule has 0 fully saturated rings. The molecule has 0 aliphatic heterocycles. The van der Waals surface area contributed by atoms with Crippen LogP contribution in [0.2, 0.25) is 5.02 Å². The van der Waals surface area contributed by atoms with Gasteiger partial charge in [-0.15, -0.1) is 0 Å². The molecule has 2 aromatic rings. The van der Waals surface area contributed by atoms with Gasteiger partial charge in [-0.1, -0.05) is 51.4 Å². The third kappa shape index (κ3) is 5.33. The largest absolute Gasteiger partial charge is 0.495 e. The van der Waals surface area contributed by atoms with E-state index >= 15 is 0 Å². The fourth-order valence-corrected chi connectivity index (χ4v) is 4.89. The van der Waals surface area contributed by atoms with Crippen LogP contribution in [0.15, 0.2) is 47.4 Å². The van der Waals surface area contributed by atoms with Gasteiger partial charge in [0, 0.05) is 35.6 Å². The van der Waals surface area contributed by atoms with E-state index in [0.29, 0.717) is 24.7 Å². The Balaban J connectivity index is 2.27. The van der Waals surface area contributed by atoms with Crippen LogP contribution in [0.3, 0.4) is 0 Å². The molecule has 0 spiro atoms. The van der Waals surface area contributed by atoms with Crippen LogP contribution in [-0.2, 0) is 15.4 Å². The van der Waals surface area contributed by atoms with Crippen molar-refractivity contribution in [3.05, 3.63) is 58.6 Å². The summed E-state index contributed by atoms with van der Waals surface area (Å²) in [4.78, 5) is 12.8. The lowest BCUT2D eigenvalue weighted by atomic mass is 9.84. The summed E-state index contributed by atoms with van der Waals surface area (Å²) in [5, 5.41) is 3.56.